The fourth-order valence-corrected chi connectivity index (χ4v) is 2.23. The zero-order valence-corrected chi connectivity index (χ0v) is 11.5. The summed E-state index contributed by atoms with van der Waals surface area (Å²) in [6, 6.07) is 3.90. The average molecular weight is 284 g/mol. The van der Waals surface area contributed by atoms with Gasteiger partial charge in [0.1, 0.15) is 11.6 Å². The molecule has 1 aromatic heterocycles. The summed E-state index contributed by atoms with van der Waals surface area (Å²) in [4.78, 5) is 0. The molecule has 0 radical (unpaired) electrons. The van der Waals surface area contributed by atoms with Crippen LogP contribution >= 0.6 is 11.6 Å². The lowest BCUT2D eigenvalue weighted by atomic mass is 10.0. The molecular weight excluding hydrogens is 269 g/mol. The Bertz CT molecular complexity index is 585. The Balaban J connectivity index is 2.43. The van der Waals surface area contributed by atoms with Gasteiger partial charge in [-0.2, -0.15) is 5.10 Å². The second kappa shape index (κ2) is 5.59. The number of methoxy groups -OCH3 is 1. The number of ether oxygens (including phenoxy) is 1. The van der Waals surface area contributed by atoms with Crippen LogP contribution in [0, 0.1) is 5.82 Å². The van der Waals surface area contributed by atoms with Gasteiger partial charge in [-0.1, -0.05) is 17.7 Å². The second-order valence-electron chi connectivity index (χ2n) is 4.06. The Morgan fingerprint density at radius 1 is 1.53 bits per heavy atom. The number of hydrogen-bond donors (Lipinski definition) is 1. The SMILES string of the molecule is CCn1ncc(Cl)c1C(N)c1ccc(OC)cc1F. The number of rotatable bonds is 4. The molecule has 4 nitrogen and oxygen atoms in total. The third-order valence-electron chi connectivity index (χ3n) is 2.97. The van der Waals surface area contributed by atoms with Crippen molar-refractivity contribution < 1.29 is 9.13 Å². The van der Waals surface area contributed by atoms with E-state index in [0.717, 1.165) is 0 Å². The predicted octanol–water partition coefficient (Wildman–Crippen LogP) is 2.75. The van der Waals surface area contributed by atoms with Crippen LogP contribution in [0.5, 0.6) is 5.75 Å². The van der Waals surface area contributed by atoms with Crippen molar-refractivity contribution in [3.63, 3.8) is 0 Å². The van der Waals surface area contributed by atoms with E-state index in [-0.39, 0.29) is 0 Å². The summed E-state index contributed by atoms with van der Waals surface area (Å²) >= 11 is 6.07. The van der Waals surface area contributed by atoms with Gasteiger partial charge < -0.3 is 10.5 Å². The Morgan fingerprint density at radius 2 is 2.26 bits per heavy atom. The monoisotopic (exact) mass is 283 g/mol. The first kappa shape index (κ1) is 13.8. The third-order valence-corrected chi connectivity index (χ3v) is 3.26. The minimum atomic E-state index is -0.666. The van der Waals surface area contributed by atoms with Crippen LogP contribution in [-0.4, -0.2) is 16.9 Å². The van der Waals surface area contributed by atoms with Crippen molar-refractivity contribution in [3.8, 4) is 5.75 Å². The molecule has 0 amide bonds. The molecule has 2 rings (SSSR count). The van der Waals surface area contributed by atoms with Crippen LogP contribution in [0.25, 0.3) is 0 Å². The summed E-state index contributed by atoms with van der Waals surface area (Å²) in [5.41, 5.74) is 7.07. The summed E-state index contributed by atoms with van der Waals surface area (Å²) in [6.07, 6.45) is 1.52. The number of halogens is 2. The number of nitrogens with zero attached hydrogens (tertiary/aromatic N) is 2. The van der Waals surface area contributed by atoms with Gasteiger partial charge in [0.25, 0.3) is 0 Å². The third kappa shape index (κ3) is 2.57. The van der Waals surface area contributed by atoms with E-state index >= 15 is 0 Å². The van der Waals surface area contributed by atoms with Gasteiger partial charge in [-0.25, -0.2) is 4.39 Å². The fraction of sp³-hybridized carbons (Fsp3) is 0.308. The molecule has 0 aliphatic heterocycles. The first-order valence-corrected chi connectivity index (χ1v) is 6.26. The smallest absolute Gasteiger partial charge is 0.132 e. The molecule has 1 atom stereocenters. The predicted molar refractivity (Wildman–Crippen MR) is 71.9 cm³/mol. The van der Waals surface area contributed by atoms with Gasteiger partial charge in [-0.05, 0) is 13.0 Å². The standard InChI is InChI=1S/C13H15ClFN3O/c1-3-18-13(10(14)7-17-18)12(16)9-5-4-8(19-2)6-11(9)15/h4-7,12H,3,16H2,1-2H3. The maximum Gasteiger partial charge on any atom is 0.132 e. The van der Waals surface area contributed by atoms with Crippen molar-refractivity contribution in [2.24, 2.45) is 5.73 Å². The van der Waals surface area contributed by atoms with Crippen LogP contribution in [0.4, 0.5) is 4.39 Å². The molecule has 19 heavy (non-hydrogen) atoms. The molecule has 6 heteroatoms. The lowest BCUT2D eigenvalue weighted by Crippen LogP contribution is -2.18. The number of benzene rings is 1. The van der Waals surface area contributed by atoms with Crippen molar-refractivity contribution in [1.82, 2.24) is 9.78 Å². The van der Waals surface area contributed by atoms with E-state index in [1.807, 2.05) is 6.92 Å². The van der Waals surface area contributed by atoms with Crippen molar-refractivity contribution in [2.75, 3.05) is 7.11 Å². The number of hydrogen-bond acceptors (Lipinski definition) is 3. The maximum absolute atomic E-state index is 14.0. The lowest BCUT2D eigenvalue weighted by molar-refractivity contribution is 0.410. The highest BCUT2D eigenvalue weighted by Gasteiger charge is 2.21. The molecule has 0 saturated carbocycles. The summed E-state index contributed by atoms with van der Waals surface area (Å²) < 4.78 is 20.6. The highest BCUT2D eigenvalue weighted by Crippen LogP contribution is 2.29. The number of aromatic nitrogens is 2. The molecule has 0 bridgehead atoms. The molecule has 102 valence electrons. The normalized spacial score (nSPS) is 12.5. The first-order chi connectivity index (χ1) is 9.08. The van der Waals surface area contributed by atoms with Crippen LogP contribution in [-0.2, 0) is 6.54 Å². The molecule has 1 heterocycles. The molecule has 2 aromatic rings. The van der Waals surface area contributed by atoms with E-state index in [1.54, 1.807) is 16.8 Å². The van der Waals surface area contributed by atoms with E-state index in [2.05, 4.69) is 5.10 Å². The van der Waals surface area contributed by atoms with Crippen LogP contribution in [0.2, 0.25) is 5.02 Å². The first-order valence-electron chi connectivity index (χ1n) is 5.88. The van der Waals surface area contributed by atoms with Crippen molar-refractivity contribution in [2.45, 2.75) is 19.5 Å². The fourth-order valence-electron chi connectivity index (χ4n) is 1.97. The van der Waals surface area contributed by atoms with E-state index in [9.17, 15) is 4.39 Å². The molecule has 2 N–H and O–H groups in total. The molecule has 0 saturated heterocycles. The molecule has 1 aromatic carbocycles. The largest absolute Gasteiger partial charge is 0.497 e. The molecule has 0 fully saturated rings. The summed E-state index contributed by atoms with van der Waals surface area (Å²) in [7, 11) is 1.48. The van der Waals surface area contributed by atoms with Crippen LogP contribution in [0.15, 0.2) is 24.4 Å². The second-order valence-corrected chi connectivity index (χ2v) is 4.47. The van der Waals surface area contributed by atoms with E-state index in [1.165, 1.54) is 19.4 Å². The topological polar surface area (TPSA) is 53.1 Å². The van der Waals surface area contributed by atoms with Crippen LogP contribution in [0.3, 0.4) is 0 Å². The molecule has 0 aliphatic carbocycles. The van der Waals surface area contributed by atoms with Crippen molar-refractivity contribution in [1.29, 1.82) is 0 Å². The van der Waals surface area contributed by atoms with E-state index in [0.29, 0.717) is 28.6 Å². The van der Waals surface area contributed by atoms with Crippen molar-refractivity contribution >= 4 is 11.6 Å². The highest BCUT2D eigenvalue weighted by atomic mass is 35.5. The number of aryl methyl sites for hydroxylation is 1. The van der Waals surface area contributed by atoms with Crippen LogP contribution < -0.4 is 10.5 Å². The lowest BCUT2D eigenvalue weighted by Gasteiger charge is -2.16. The van der Waals surface area contributed by atoms with E-state index in [4.69, 9.17) is 22.1 Å². The minimum Gasteiger partial charge on any atom is -0.497 e. The minimum absolute atomic E-state index is 0.359. The summed E-state index contributed by atoms with van der Waals surface area (Å²) in [5, 5.41) is 4.54. The van der Waals surface area contributed by atoms with Gasteiger partial charge in [0.2, 0.25) is 0 Å². The van der Waals surface area contributed by atoms with Gasteiger partial charge in [-0.3, -0.25) is 4.68 Å². The molecule has 0 spiro atoms. The number of nitrogens with two attached hydrogens (primary N) is 1. The molecular formula is C13H15ClFN3O. The zero-order valence-electron chi connectivity index (χ0n) is 10.7. The summed E-state index contributed by atoms with van der Waals surface area (Å²) in [5.74, 6) is 0.0234. The van der Waals surface area contributed by atoms with Crippen LogP contribution in [0.1, 0.15) is 24.2 Å². The van der Waals surface area contributed by atoms with Gasteiger partial charge in [0.15, 0.2) is 0 Å². The zero-order chi connectivity index (χ0) is 14.0. The van der Waals surface area contributed by atoms with Gasteiger partial charge in [-0.15, -0.1) is 0 Å². The Hall–Kier alpha value is -1.59. The highest BCUT2D eigenvalue weighted by molar-refractivity contribution is 6.31. The molecule has 0 aliphatic rings. The van der Waals surface area contributed by atoms with E-state index < -0.39 is 11.9 Å². The van der Waals surface area contributed by atoms with Gasteiger partial charge in [0.05, 0.1) is 30.1 Å². The average Bonchev–Trinajstić information content (AvgIpc) is 2.78. The Labute approximate surface area is 115 Å². The van der Waals surface area contributed by atoms with Gasteiger partial charge in [0, 0.05) is 18.2 Å². The maximum atomic E-state index is 14.0. The quantitative estimate of drug-likeness (QED) is 0.939. The van der Waals surface area contributed by atoms with Crippen molar-refractivity contribution in [3.05, 3.63) is 46.5 Å². The summed E-state index contributed by atoms with van der Waals surface area (Å²) in [6.45, 7) is 2.54. The van der Waals surface area contributed by atoms with Gasteiger partial charge >= 0.3 is 0 Å². The Kier molecular flexibility index (Phi) is 4.07. The molecule has 1 unspecified atom stereocenters. The Morgan fingerprint density at radius 3 is 2.84 bits per heavy atom.